The highest BCUT2D eigenvalue weighted by molar-refractivity contribution is 5.74. The normalized spacial score (nSPS) is 11.5. The monoisotopic (exact) mass is 243 g/mol. The maximum Gasteiger partial charge on any atom is 0.233 e. The Morgan fingerprint density at radius 1 is 1.18 bits per heavy atom. The molecule has 0 aromatic carbocycles. The fourth-order valence-electron chi connectivity index (χ4n) is 1.88. The van der Waals surface area contributed by atoms with Crippen molar-refractivity contribution in [2.45, 2.75) is 59.4 Å². The summed E-state index contributed by atoms with van der Waals surface area (Å²) in [5.74, 6) is 5.67. The maximum absolute atomic E-state index is 10.9. The lowest BCUT2D eigenvalue weighted by Gasteiger charge is -2.28. The number of hydrazine groups is 1. The molecule has 0 radical (unpaired) electrons. The van der Waals surface area contributed by atoms with Gasteiger partial charge in [0.2, 0.25) is 5.91 Å². The highest BCUT2D eigenvalue weighted by Crippen LogP contribution is 2.08. The minimum Gasteiger partial charge on any atom is -0.301 e. The number of nitrogens with zero attached hydrogens (tertiary/aromatic N) is 1. The highest BCUT2D eigenvalue weighted by Gasteiger charge is 2.10. The summed E-state index contributed by atoms with van der Waals surface area (Å²) in [4.78, 5) is 13.4. The molecule has 102 valence electrons. The van der Waals surface area contributed by atoms with Gasteiger partial charge >= 0.3 is 0 Å². The Labute approximate surface area is 106 Å². The first-order valence-corrected chi connectivity index (χ1v) is 6.70. The predicted octanol–water partition coefficient (Wildman–Crippen LogP) is 1.90. The van der Waals surface area contributed by atoms with Crippen LogP contribution in [0.5, 0.6) is 0 Å². The van der Waals surface area contributed by atoms with Crippen molar-refractivity contribution in [1.82, 2.24) is 10.3 Å². The van der Waals surface area contributed by atoms with E-state index in [4.69, 9.17) is 5.84 Å². The van der Waals surface area contributed by atoms with Crippen LogP contribution in [0.15, 0.2) is 0 Å². The average Bonchev–Trinajstić information content (AvgIpc) is 2.25. The Morgan fingerprint density at radius 2 is 1.82 bits per heavy atom. The van der Waals surface area contributed by atoms with Gasteiger partial charge in [-0.05, 0) is 39.2 Å². The van der Waals surface area contributed by atoms with Crippen LogP contribution in [-0.2, 0) is 4.79 Å². The van der Waals surface area contributed by atoms with Crippen LogP contribution in [0.4, 0.5) is 0 Å². The van der Waals surface area contributed by atoms with E-state index in [0.717, 1.165) is 32.4 Å². The molecular formula is C13H29N3O. The van der Waals surface area contributed by atoms with Gasteiger partial charge in [-0.15, -0.1) is 0 Å². The van der Waals surface area contributed by atoms with Gasteiger partial charge in [0.15, 0.2) is 0 Å². The number of nitrogens with two attached hydrogens (primary N) is 1. The van der Waals surface area contributed by atoms with Gasteiger partial charge in [-0.1, -0.05) is 20.3 Å². The molecule has 0 spiro atoms. The Balaban J connectivity index is 3.64. The second-order valence-electron chi connectivity index (χ2n) is 5.36. The minimum atomic E-state index is -0.0621. The van der Waals surface area contributed by atoms with Crippen LogP contribution in [-0.4, -0.2) is 29.9 Å². The molecule has 4 heteroatoms. The molecule has 0 saturated carbocycles. The van der Waals surface area contributed by atoms with E-state index in [2.05, 4.69) is 38.0 Å². The molecular weight excluding hydrogens is 214 g/mol. The summed E-state index contributed by atoms with van der Waals surface area (Å²) >= 11 is 0. The predicted molar refractivity (Wildman–Crippen MR) is 72.3 cm³/mol. The number of rotatable bonds is 9. The Kier molecular flexibility index (Phi) is 9.09. The van der Waals surface area contributed by atoms with Crippen molar-refractivity contribution in [1.29, 1.82) is 0 Å². The van der Waals surface area contributed by atoms with E-state index in [0.29, 0.717) is 18.4 Å². The van der Waals surface area contributed by atoms with Gasteiger partial charge in [-0.2, -0.15) is 0 Å². The quantitative estimate of drug-likeness (QED) is 0.281. The summed E-state index contributed by atoms with van der Waals surface area (Å²) in [6.45, 7) is 11.3. The van der Waals surface area contributed by atoms with Crippen LogP contribution >= 0.6 is 0 Å². The van der Waals surface area contributed by atoms with Crippen LogP contribution in [0.2, 0.25) is 0 Å². The van der Waals surface area contributed by atoms with Gasteiger partial charge in [0.1, 0.15) is 0 Å². The summed E-state index contributed by atoms with van der Waals surface area (Å²) in [6.07, 6.45) is 3.72. The Hall–Kier alpha value is -0.610. The molecule has 0 fully saturated rings. The molecule has 0 atom stereocenters. The van der Waals surface area contributed by atoms with E-state index >= 15 is 0 Å². The summed E-state index contributed by atoms with van der Waals surface area (Å²) in [5, 5.41) is 0. The number of hydrogen-bond acceptors (Lipinski definition) is 3. The smallest absolute Gasteiger partial charge is 0.233 e. The van der Waals surface area contributed by atoms with Crippen molar-refractivity contribution in [2.75, 3.05) is 13.1 Å². The molecule has 0 rings (SSSR count). The molecule has 0 aromatic rings. The molecule has 17 heavy (non-hydrogen) atoms. The van der Waals surface area contributed by atoms with Crippen LogP contribution in [0.3, 0.4) is 0 Å². The van der Waals surface area contributed by atoms with Crippen molar-refractivity contribution in [3.63, 3.8) is 0 Å². The van der Waals surface area contributed by atoms with Crippen molar-refractivity contribution < 1.29 is 4.79 Å². The standard InChI is InChI=1S/C13H29N3O/c1-11(2)10-16(12(3)4)9-7-5-6-8-13(17)15-14/h11-12H,5-10,14H2,1-4H3,(H,15,17). The van der Waals surface area contributed by atoms with E-state index in [1.807, 2.05) is 0 Å². The van der Waals surface area contributed by atoms with Crippen LogP contribution in [0, 0.1) is 5.92 Å². The SMILES string of the molecule is CC(C)CN(CCCCCC(=O)NN)C(C)C. The summed E-state index contributed by atoms with van der Waals surface area (Å²) in [7, 11) is 0. The van der Waals surface area contributed by atoms with Crippen LogP contribution in [0.1, 0.15) is 53.4 Å². The van der Waals surface area contributed by atoms with E-state index < -0.39 is 0 Å². The number of amides is 1. The second-order valence-corrected chi connectivity index (χ2v) is 5.36. The lowest BCUT2D eigenvalue weighted by atomic mass is 10.1. The topological polar surface area (TPSA) is 58.4 Å². The zero-order valence-corrected chi connectivity index (χ0v) is 11.8. The number of carbonyl (C=O) groups is 1. The van der Waals surface area contributed by atoms with Crippen molar-refractivity contribution >= 4 is 5.91 Å². The molecule has 0 heterocycles. The largest absolute Gasteiger partial charge is 0.301 e. The molecule has 0 aliphatic rings. The Morgan fingerprint density at radius 3 is 2.29 bits per heavy atom. The zero-order valence-electron chi connectivity index (χ0n) is 11.8. The average molecular weight is 243 g/mol. The first-order valence-electron chi connectivity index (χ1n) is 6.70. The summed E-state index contributed by atoms with van der Waals surface area (Å²) in [5.41, 5.74) is 2.16. The molecule has 0 aliphatic heterocycles. The molecule has 0 aromatic heterocycles. The molecule has 4 nitrogen and oxygen atoms in total. The van der Waals surface area contributed by atoms with Crippen molar-refractivity contribution in [3.8, 4) is 0 Å². The lowest BCUT2D eigenvalue weighted by molar-refractivity contribution is -0.121. The van der Waals surface area contributed by atoms with Gasteiger partial charge in [-0.25, -0.2) is 5.84 Å². The summed E-state index contributed by atoms with van der Waals surface area (Å²) < 4.78 is 0. The highest BCUT2D eigenvalue weighted by atomic mass is 16.2. The first kappa shape index (κ1) is 16.4. The fourth-order valence-corrected chi connectivity index (χ4v) is 1.88. The minimum absolute atomic E-state index is 0.0621. The van der Waals surface area contributed by atoms with E-state index in [-0.39, 0.29) is 5.91 Å². The van der Waals surface area contributed by atoms with Gasteiger partial charge in [0.05, 0.1) is 0 Å². The molecule has 0 saturated heterocycles. The number of carbonyl (C=O) groups excluding carboxylic acids is 1. The first-order chi connectivity index (χ1) is 7.97. The Bertz CT molecular complexity index is 205. The summed E-state index contributed by atoms with van der Waals surface area (Å²) in [6, 6.07) is 0.602. The number of unbranched alkanes of at least 4 members (excludes halogenated alkanes) is 2. The van der Waals surface area contributed by atoms with Gasteiger partial charge in [-0.3, -0.25) is 10.2 Å². The van der Waals surface area contributed by atoms with Gasteiger partial charge < -0.3 is 4.90 Å². The molecule has 0 unspecified atom stereocenters. The van der Waals surface area contributed by atoms with Gasteiger partial charge in [0.25, 0.3) is 0 Å². The van der Waals surface area contributed by atoms with Crippen LogP contribution < -0.4 is 11.3 Å². The molecule has 3 N–H and O–H groups in total. The van der Waals surface area contributed by atoms with E-state index in [9.17, 15) is 4.79 Å². The zero-order chi connectivity index (χ0) is 13.3. The second kappa shape index (κ2) is 9.42. The van der Waals surface area contributed by atoms with E-state index in [1.54, 1.807) is 0 Å². The molecule has 0 aliphatic carbocycles. The third kappa shape index (κ3) is 9.12. The van der Waals surface area contributed by atoms with E-state index in [1.165, 1.54) is 0 Å². The number of nitrogens with one attached hydrogen (secondary N) is 1. The van der Waals surface area contributed by atoms with Crippen molar-refractivity contribution in [3.05, 3.63) is 0 Å². The third-order valence-electron chi connectivity index (χ3n) is 2.84. The third-order valence-corrected chi connectivity index (χ3v) is 2.84. The molecule has 1 amide bonds. The fraction of sp³-hybridized carbons (Fsp3) is 0.923. The van der Waals surface area contributed by atoms with Crippen molar-refractivity contribution in [2.24, 2.45) is 11.8 Å². The lowest BCUT2D eigenvalue weighted by Crippen LogP contribution is -2.35. The number of hydrogen-bond donors (Lipinski definition) is 2. The van der Waals surface area contributed by atoms with Crippen LogP contribution in [0.25, 0.3) is 0 Å². The molecule has 0 bridgehead atoms. The maximum atomic E-state index is 10.9. The van der Waals surface area contributed by atoms with Gasteiger partial charge in [0, 0.05) is 19.0 Å².